The molecule has 0 unspecified atom stereocenters. The number of benzene rings is 5. The SMILES string of the molecule is Ic1c(-c2cccc3c2oc2ccccc23)c2ccccc2c2ccccc12. The van der Waals surface area contributed by atoms with E-state index in [1.165, 1.54) is 41.5 Å². The summed E-state index contributed by atoms with van der Waals surface area (Å²) in [6.45, 7) is 0. The molecule has 0 saturated carbocycles. The van der Waals surface area contributed by atoms with Crippen molar-refractivity contribution in [1.29, 1.82) is 0 Å². The van der Waals surface area contributed by atoms with Gasteiger partial charge in [-0.25, -0.2) is 0 Å². The molecule has 0 atom stereocenters. The van der Waals surface area contributed by atoms with Crippen LogP contribution in [0.3, 0.4) is 0 Å². The minimum atomic E-state index is 0.935. The number of furan rings is 1. The van der Waals surface area contributed by atoms with E-state index in [0.29, 0.717) is 0 Å². The van der Waals surface area contributed by atoms with Gasteiger partial charge in [0, 0.05) is 25.5 Å². The molecule has 0 fully saturated rings. The average Bonchev–Trinajstić information content (AvgIpc) is 3.14. The Bertz CT molecular complexity index is 1520. The molecule has 0 saturated heterocycles. The third-order valence-corrected chi connectivity index (χ3v) is 6.66. The first kappa shape index (κ1) is 16.1. The molecule has 28 heavy (non-hydrogen) atoms. The number of fused-ring (bicyclic) bond motifs is 6. The lowest BCUT2D eigenvalue weighted by Gasteiger charge is -2.14. The van der Waals surface area contributed by atoms with Gasteiger partial charge in [-0.05, 0) is 50.2 Å². The Labute approximate surface area is 175 Å². The molecule has 6 aromatic rings. The number of hydrogen-bond donors (Lipinski definition) is 0. The standard InChI is InChI=1S/C26H15IO/c27-25-20-12-4-2-9-17(20)16-8-1-3-11-19(16)24(25)22-14-7-13-21-18-10-5-6-15-23(18)28-26(21)22/h1-15H. The van der Waals surface area contributed by atoms with Crippen molar-refractivity contribution in [3.63, 3.8) is 0 Å². The van der Waals surface area contributed by atoms with Gasteiger partial charge in [-0.3, -0.25) is 0 Å². The van der Waals surface area contributed by atoms with E-state index in [1.54, 1.807) is 0 Å². The minimum absolute atomic E-state index is 0.935. The van der Waals surface area contributed by atoms with Crippen molar-refractivity contribution in [2.24, 2.45) is 0 Å². The summed E-state index contributed by atoms with van der Waals surface area (Å²) in [7, 11) is 0. The highest BCUT2D eigenvalue weighted by atomic mass is 127. The first-order chi connectivity index (χ1) is 13.8. The molecule has 5 aromatic carbocycles. The largest absolute Gasteiger partial charge is 0.455 e. The first-order valence-corrected chi connectivity index (χ1v) is 10.4. The second-order valence-electron chi connectivity index (χ2n) is 7.06. The minimum Gasteiger partial charge on any atom is -0.455 e. The van der Waals surface area contributed by atoms with Crippen LogP contribution < -0.4 is 0 Å². The van der Waals surface area contributed by atoms with Crippen LogP contribution in [0.4, 0.5) is 0 Å². The van der Waals surface area contributed by atoms with Gasteiger partial charge in [-0.2, -0.15) is 0 Å². The molecule has 0 aliphatic rings. The molecule has 1 heterocycles. The molecule has 1 aromatic heterocycles. The van der Waals surface area contributed by atoms with Crippen molar-refractivity contribution in [1.82, 2.24) is 0 Å². The third kappa shape index (κ3) is 2.18. The lowest BCUT2D eigenvalue weighted by atomic mass is 9.92. The summed E-state index contributed by atoms with van der Waals surface area (Å²) < 4.78 is 7.61. The van der Waals surface area contributed by atoms with Gasteiger partial charge in [0.2, 0.25) is 0 Å². The van der Waals surface area contributed by atoms with Gasteiger partial charge in [-0.15, -0.1) is 0 Å². The van der Waals surface area contributed by atoms with E-state index >= 15 is 0 Å². The van der Waals surface area contributed by atoms with Crippen molar-refractivity contribution in [2.75, 3.05) is 0 Å². The molecule has 1 nitrogen and oxygen atoms in total. The highest BCUT2D eigenvalue weighted by Gasteiger charge is 2.18. The van der Waals surface area contributed by atoms with Gasteiger partial charge in [0.15, 0.2) is 0 Å². The number of para-hydroxylation sites is 2. The van der Waals surface area contributed by atoms with Crippen molar-refractivity contribution < 1.29 is 4.42 Å². The number of rotatable bonds is 1. The summed E-state index contributed by atoms with van der Waals surface area (Å²) in [6, 6.07) is 32.1. The zero-order valence-electron chi connectivity index (χ0n) is 14.9. The Morgan fingerprint density at radius 2 is 1.07 bits per heavy atom. The van der Waals surface area contributed by atoms with Crippen molar-refractivity contribution in [2.45, 2.75) is 0 Å². The van der Waals surface area contributed by atoms with Crippen LogP contribution in [0.25, 0.3) is 54.6 Å². The third-order valence-electron chi connectivity index (χ3n) is 5.54. The van der Waals surface area contributed by atoms with E-state index in [4.69, 9.17) is 4.42 Å². The van der Waals surface area contributed by atoms with Crippen LogP contribution in [0, 0.1) is 3.57 Å². The lowest BCUT2D eigenvalue weighted by molar-refractivity contribution is 0.670. The van der Waals surface area contributed by atoms with Crippen molar-refractivity contribution >= 4 is 66.1 Å². The van der Waals surface area contributed by atoms with Gasteiger partial charge >= 0.3 is 0 Å². The Balaban J connectivity index is 1.84. The molecule has 0 radical (unpaired) electrons. The summed E-state index contributed by atoms with van der Waals surface area (Å²) in [5, 5.41) is 7.45. The van der Waals surface area contributed by atoms with Crippen LogP contribution in [0.5, 0.6) is 0 Å². The van der Waals surface area contributed by atoms with E-state index in [9.17, 15) is 0 Å². The molecule has 6 rings (SSSR count). The fraction of sp³-hybridized carbons (Fsp3) is 0. The highest BCUT2D eigenvalue weighted by molar-refractivity contribution is 14.1. The predicted molar refractivity (Wildman–Crippen MR) is 127 cm³/mol. The van der Waals surface area contributed by atoms with Crippen LogP contribution in [0.1, 0.15) is 0 Å². The summed E-state index contributed by atoms with van der Waals surface area (Å²) in [4.78, 5) is 0. The van der Waals surface area contributed by atoms with E-state index in [-0.39, 0.29) is 0 Å². The van der Waals surface area contributed by atoms with Crippen LogP contribution >= 0.6 is 22.6 Å². The molecule has 0 spiro atoms. The monoisotopic (exact) mass is 470 g/mol. The summed E-state index contributed by atoms with van der Waals surface area (Å²) in [6.07, 6.45) is 0. The maximum absolute atomic E-state index is 6.35. The normalized spacial score (nSPS) is 11.8. The Morgan fingerprint density at radius 1 is 0.500 bits per heavy atom. The van der Waals surface area contributed by atoms with Gasteiger partial charge in [0.25, 0.3) is 0 Å². The van der Waals surface area contributed by atoms with Crippen LogP contribution in [0.15, 0.2) is 95.4 Å². The fourth-order valence-electron chi connectivity index (χ4n) is 4.31. The quantitative estimate of drug-likeness (QED) is 0.175. The lowest BCUT2D eigenvalue weighted by Crippen LogP contribution is -1.90. The molecule has 0 aliphatic heterocycles. The molecular weight excluding hydrogens is 455 g/mol. The van der Waals surface area contributed by atoms with Crippen LogP contribution in [-0.4, -0.2) is 0 Å². The van der Waals surface area contributed by atoms with Crippen molar-refractivity contribution in [3.8, 4) is 11.1 Å². The van der Waals surface area contributed by atoms with Crippen molar-refractivity contribution in [3.05, 3.63) is 94.6 Å². The maximum atomic E-state index is 6.35. The molecule has 2 heteroatoms. The smallest absolute Gasteiger partial charge is 0.143 e. The molecular formula is C26H15IO. The second kappa shape index (κ2) is 6.08. The average molecular weight is 470 g/mol. The predicted octanol–water partition coefficient (Wildman–Crippen LogP) is 8.16. The fourth-order valence-corrected chi connectivity index (χ4v) is 5.36. The number of halogens is 1. The number of hydrogen-bond acceptors (Lipinski definition) is 1. The van der Waals surface area contributed by atoms with E-state index in [1.807, 2.05) is 12.1 Å². The molecule has 0 bridgehead atoms. The van der Waals surface area contributed by atoms with Crippen LogP contribution in [-0.2, 0) is 0 Å². The Hall–Kier alpha value is -2.85. The second-order valence-corrected chi connectivity index (χ2v) is 8.14. The first-order valence-electron chi connectivity index (χ1n) is 9.32. The van der Waals surface area contributed by atoms with E-state index < -0.39 is 0 Å². The molecule has 0 aliphatic carbocycles. The van der Waals surface area contributed by atoms with Crippen LogP contribution in [0.2, 0.25) is 0 Å². The van der Waals surface area contributed by atoms with E-state index in [2.05, 4.69) is 101 Å². The summed E-state index contributed by atoms with van der Waals surface area (Å²) >= 11 is 2.50. The summed E-state index contributed by atoms with van der Waals surface area (Å²) in [5.74, 6) is 0. The highest BCUT2D eigenvalue weighted by Crippen LogP contribution is 2.43. The maximum Gasteiger partial charge on any atom is 0.143 e. The van der Waals surface area contributed by atoms with Gasteiger partial charge in [-0.1, -0.05) is 84.9 Å². The van der Waals surface area contributed by atoms with Gasteiger partial charge < -0.3 is 4.42 Å². The van der Waals surface area contributed by atoms with Gasteiger partial charge in [0.1, 0.15) is 11.2 Å². The Kier molecular flexibility index (Phi) is 3.50. The van der Waals surface area contributed by atoms with E-state index in [0.717, 1.165) is 16.7 Å². The zero-order chi connectivity index (χ0) is 18.7. The zero-order valence-corrected chi connectivity index (χ0v) is 17.1. The van der Waals surface area contributed by atoms with Gasteiger partial charge in [0.05, 0.1) is 0 Å². The molecule has 0 N–H and O–H groups in total. The topological polar surface area (TPSA) is 13.1 Å². The summed E-state index contributed by atoms with van der Waals surface area (Å²) in [5.41, 5.74) is 4.30. The molecule has 132 valence electrons. The Morgan fingerprint density at radius 3 is 1.86 bits per heavy atom. The molecule has 0 amide bonds.